The summed E-state index contributed by atoms with van der Waals surface area (Å²) in [5, 5.41) is 2.49. The van der Waals surface area contributed by atoms with Crippen LogP contribution in [0.3, 0.4) is 0 Å². The minimum absolute atomic E-state index is 0.0433. The summed E-state index contributed by atoms with van der Waals surface area (Å²) in [7, 11) is -3.19. The summed E-state index contributed by atoms with van der Waals surface area (Å²) in [6, 6.07) is -0.178. The molecule has 1 N–H and O–H groups in total. The van der Waals surface area contributed by atoms with E-state index in [0.717, 1.165) is 25.1 Å². The molecule has 98 valence electrons. The normalized spacial score (nSPS) is 30.5. The van der Waals surface area contributed by atoms with Crippen molar-refractivity contribution in [2.24, 2.45) is 0 Å². The van der Waals surface area contributed by atoms with Crippen LogP contribution in [0.2, 0.25) is 0 Å². The number of thioether (sulfide) groups is 1. The highest BCUT2D eigenvalue weighted by Gasteiger charge is 2.37. The Morgan fingerprint density at radius 3 is 2.82 bits per heavy atom. The molecule has 1 amide bonds. The first kappa shape index (κ1) is 13.2. The lowest BCUT2D eigenvalue weighted by molar-refractivity contribution is -0.133. The van der Waals surface area contributed by atoms with Crippen molar-refractivity contribution in [1.29, 1.82) is 0 Å². The number of hydrogen-bond donors (Lipinski definition) is 1. The summed E-state index contributed by atoms with van der Waals surface area (Å²) in [5.74, 6) is 1.28. The number of carbonyl (C=O) groups excluding carboxylic acids is 1. The van der Waals surface area contributed by atoms with Crippen molar-refractivity contribution < 1.29 is 13.2 Å². The summed E-state index contributed by atoms with van der Waals surface area (Å²) >= 11 is 1.60. The van der Waals surface area contributed by atoms with Gasteiger partial charge in [0.05, 0.1) is 6.04 Å². The first-order valence-corrected chi connectivity index (χ1v) is 8.91. The first-order chi connectivity index (χ1) is 8.00. The van der Waals surface area contributed by atoms with E-state index in [1.807, 2.05) is 0 Å². The highest BCUT2D eigenvalue weighted by molar-refractivity contribution is 8.00. The van der Waals surface area contributed by atoms with Crippen LogP contribution in [0.15, 0.2) is 0 Å². The Balaban J connectivity index is 2.13. The van der Waals surface area contributed by atoms with Gasteiger partial charge in [-0.15, -0.1) is 0 Å². The molecule has 0 aromatic carbocycles. The third kappa shape index (κ3) is 2.95. The van der Waals surface area contributed by atoms with Gasteiger partial charge in [0.2, 0.25) is 5.91 Å². The van der Waals surface area contributed by atoms with Crippen molar-refractivity contribution in [2.75, 3.05) is 30.9 Å². The Bertz CT molecular complexity index is 390. The number of nitrogens with zero attached hydrogens (tertiary/aromatic N) is 1. The monoisotopic (exact) mass is 278 g/mol. The molecule has 5 nitrogen and oxygen atoms in total. The number of nitrogens with one attached hydrogen (secondary N) is 1. The van der Waals surface area contributed by atoms with Crippen LogP contribution in [0, 0.1) is 0 Å². The molecule has 0 aromatic heterocycles. The quantitative estimate of drug-likeness (QED) is 0.750. The van der Waals surface area contributed by atoms with E-state index in [0.29, 0.717) is 12.3 Å². The number of sulfone groups is 1. The van der Waals surface area contributed by atoms with Gasteiger partial charge in [-0.05, 0) is 19.4 Å². The number of rotatable bonds is 2. The molecule has 2 aliphatic rings. The van der Waals surface area contributed by atoms with Gasteiger partial charge in [0, 0.05) is 24.3 Å². The van der Waals surface area contributed by atoms with E-state index in [1.165, 1.54) is 6.26 Å². The van der Waals surface area contributed by atoms with E-state index in [2.05, 4.69) is 5.32 Å². The molecule has 2 rings (SSSR count). The van der Waals surface area contributed by atoms with E-state index >= 15 is 0 Å². The van der Waals surface area contributed by atoms with Gasteiger partial charge in [-0.1, -0.05) is 0 Å². The average Bonchev–Trinajstić information content (AvgIpc) is 2.80. The van der Waals surface area contributed by atoms with Gasteiger partial charge in [0.15, 0.2) is 9.84 Å². The Labute approximate surface area is 106 Å². The van der Waals surface area contributed by atoms with E-state index < -0.39 is 15.2 Å². The zero-order valence-electron chi connectivity index (χ0n) is 9.89. The smallest absolute Gasteiger partial charge is 0.240 e. The van der Waals surface area contributed by atoms with Crippen molar-refractivity contribution in [3.63, 3.8) is 0 Å². The molecule has 2 unspecified atom stereocenters. The molecule has 0 saturated carbocycles. The lowest BCUT2D eigenvalue weighted by atomic mass is 10.2. The molecular formula is C10H18N2O3S2. The lowest BCUT2D eigenvalue weighted by Gasteiger charge is -2.35. The van der Waals surface area contributed by atoms with Gasteiger partial charge in [-0.3, -0.25) is 4.79 Å². The summed E-state index contributed by atoms with van der Waals surface area (Å²) in [4.78, 5) is 13.8. The first-order valence-electron chi connectivity index (χ1n) is 5.80. The second-order valence-corrected chi connectivity index (χ2v) is 7.89. The average molecular weight is 278 g/mol. The summed E-state index contributed by atoms with van der Waals surface area (Å²) in [6.45, 7) is 1.39. The molecule has 0 aliphatic carbocycles. The molecule has 0 radical (unpaired) electrons. The molecule has 2 fully saturated rings. The van der Waals surface area contributed by atoms with Gasteiger partial charge in [0.1, 0.15) is 5.37 Å². The third-order valence-electron chi connectivity index (χ3n) is 3.22. The van der Waals surface area contributed by atoms with Gasteiger partial charge in [0.25, 0.3) is 0 Å². The fourth-order valence-electron chi connectivity index (χ4n) is 2.28. The van der Waals surface area contributed by atoms with Crippen molar-refractivity contribution >= 4 is 27.5 Å². The molecule has 0 bridgehead atoms. The maximum absolute atomic E-state index is 12.2. The molecule has 7 heteroatoms. The van der Waals surface area contributed by atoms with Crippen LogP contribution >= 0.6 is 11.8 Å². The summed E-state index contributed by atoms with van der Waals surface area (Å²) < 4.78 is 23.4. The van der Waals surface area contributed by atoms with Gasteiger partial charge in [-0.2, -0.15) is 11.8 Å². The topological polar surface area (TPSA) is 66.5 Å². The highest BCUT2D eigenvalue weighted by Crippen LogP contribution is 2.22. The Morgan fingerprint density at radius 2 is 2.24 bits per heavy atom. The highest BCUT2D eigenvalue weighted by atomic mass is 32.2. The maximum Gasteiger partial charge on any atom is 0.240 e. The van der Waals surface area contributed by atoms with Crippen LogP contribution in [-0.2, 0) is 14.6 Å². The van der Waals surface area contributed by atoms with Crippen molar-refractivity contribution in [3.8, 4) is 0 Å². The van der Waals surface area contributed by atoms with Crippen LogP contribution in [-0.4, -0.2) is 61.5 Å². The minimum Gasteiger partial charge on any atom is -0.323 e. The number of amides is 1. The van der Waals surface area contributed by atoms with E-state index in [-0.39, 0.29) is 11.9 Å². The molecule has 2 aliphatic heterocycles. The zero-order valence-corrected chi connectivity index (χ0v) is 11.5. The van der Waals surface area contributed by atoms with Crippen molar-refractivity contribution in [3.05, 3.63) is 0 Å². The zero-order chi connectivity index (χ0) is 12.5. The Kier molecular flexibility index (Phi) is 3.99. The second kappa shape index (κ2) is 5.16. The van der Waals surface area contributed by atoms with E-state index in [9.17, 15) is 13.2 Å². The fraction of sp³-hybridized carbons (Fsp3) is 0.900. The molecule has 17 heavy (non-hydrogen) atoms. The van der Waals surface area contributed by atoms with Gasteiger partial charge < -0.3 is 10.2 Å². The molecular weight excluding hydrogens is 260 g/mol. The Morgan fingerprint density at radius 1 is 1.47 bits per heavy atom. The van der Waals surface area contributed by atoms with Crippen LogP contribution < -0.4 is 5.32 Å². The van der Waals surface area contributed by atoms with Crippen molar-refractivity contribution in [1.82, 2.24) is 10.2 Å². The van der Waals surface area contributed by atoms with Gasteiger partial charge in [-0.25, -0.2) is 8.42 Å². The predicted molar refractivity (Wildman–Crippen MR) is 68.7 cm³/mol. The van der Waals surface area contributed by atoms with Crippen LogP contribution in [0.5, 0.6) is 0 Å². The molecule has 0 spiro atoms. The van der Waals surface area contributed by atoms with Crippen molar-refractivity contribution in [2.45, 2.75) is 24.3 Å². The SMILES string of the molecule is CS(=O)(=O)C1CSCCN1C(=O)C1CCCN1. The van der Waals surface area contributed by atoms with Crippen LogP contribution in [0.25, 0.3) is 0 Å². The van der Waals surface area contributed by atoms with Gasteiger partial charge >= 0.3 is 0 Å². The Hall–Kier alpha value is -0.270. The maximum atomic E-state index is 12.2. The second-order valence-electron chi connectivity index (χ2n) is 4.54. The van der Waals surface area contributed by atoms with E-state index in [1.54, 1.807) is 16.7 Å². The molecule has 0 aromatic rings. The lowest BCUT2D eigenvalue weighted by Crippen LogP contribution is -2.54. The minimum atomic E-state index is -3.19. The van der Waals surface area contributed by atoms with Crippen LogP contribution in [0.1, 0.15) is 12.8 Å². The summed E-state index contributed by atoms with van der Waals surface area (Å²) in [6.07, 6.45) is 3.02. The number of hydrogen-bond acceptors (Lipinski definition) is 5. The third-order valence-corrected chi connectivity index (χ3v) is 5.86. The molecule has 2 heterocycles. The summed E-state index contributed by atoms with van der Waals surface area (Å²) in [5.41, 5.74) is 0. The standard InChI is InChI=1S/C10H18N2O3S2/c1-17(14,15)9-7-16-6-5-12(9)10(13)8-3-2-4-11-8/h8-9,11H,2-7H2,1H3. The number of carbonyl (C=O) groups is 1. The molecule has 2 saturated heterocycles. The molecule has 2 atom stereocenters. The predicted octanol–water partition coefficient (Wildman–Crippen LogP) is -0.315. The largest absolute Gasteiger partial charge is 0.323 e. The van der Waals surface area contributed by atoms with E-state index in [4.69, 9.17) is 0 Å². The van der Waals surface area contributed by atoms with Crippen LogP contribution in [0.4, 0.5) is 0 Å². The fourth-order valence-corrected chi connectivity index (χ4v) is 5.11.